The van der Waals surface area contributed by atoms with E-state index in [0.717, 1.165) is 30.5 Å². The topological polar surface area (TPSA) is 38.8 Å². The summed E-state index contributed by atoms with van der Waals surface area (Å²) in [4.78, 5) is 14.6. The smallest absolute Gasteiger partial charge is 0.232 e. The molecule has 154 valence electrons. The van der Waals surface area contributed by atoms with Crippen molar-refractivity contribution in [1.29, 1.82) is 0 Å². The highest BCUT2D eigenvalue weighted by Gasteiger charge is 2.26. The molecule has 0 saturated carbocycles. The van der Waals surface area contributed by atoms with Crippen LogP contribution in [0, 0.1) is 5.82 Å². The van der Waals surface area contributed by atoms with Gasteiger partial charge in [-0.1, -0.05) is 30.3 Å². The summed E-state index contributed by atoms with van der Waals surface area (Å²) in [5, 5.41) is 0. The number of likely N-dealkylation sites (tertiary alicyclic amines) is 1. The molecule has 2 heterocycles. The van der Waals surface area contributed by atoms with E-state index < -0.39 is 6.29 Å². The molecular formula is C23H26FNO3S. The van der Waals surface area contributed by atoms with E-state index in [4.69, 9.17) is 9.47 Å². The number of hydrogen-bond donors (Lipinski definition) is 0. The number of hydrogen-bond acceptors (Lipinski definition) is 4. The Morgan fingerprint density at radius 3 is 2.86 bits per heavy atom. The average molecular weight is 416 g/mol. The van der Waals surface area contributed by atoms with E-state index in [1.807, 2.05) is 35.2 Å². The zero-order valence-corrected chi connectivity index (χ0v) is 17.4. The van der Waals surface area contributed by atoms with E-state index in [2.05, 4.69) is 6.92 Å². The first-order chi connectivity index (χ1) is 14.1. The summed E-state index contributed by atoms with van der Waals surface area (Å²) in [6.45, 7) is 3.26. The quantitative estimate of drug-likeness (QED) is 0.684. The summed E-state index contributed by atoms with van der Waals surface area (Å²) in [5.41, 5.74) is 2.41. The second kappa shape index (κ2) is 9.18. The van der Waals surface area contributed by atoms with Crippen molar-refractivity contribution >= 4 is 17.7 Å². The highest BCUT2D eigenvalue weighted by atomic mass is 32.2. The first-order valence-corrected chi connectivity index (χ1v) is 11.3. The lowest BCUT2D eigenvalue weighted by atomic mass is 10.0. The van der Waals surface area contributed by atoms with Crippen LogP contribution in [0.5, 0.6) is 5.75 Å². The lowest BCUT2D eigenvalue weighted by molar-refractivity contribution is -0.131. The maximum Gasteiger partial charge on any atom is 0.232 e. The summed E-state index contributed by atoms with van der Waals surface area (Å²) in [6, 6.07) is 13.0. The molecular weight excluding hydrogens is 389 g/mol. The van der Waals surface area contributed by atoms with Crippen molar-refractivity contribution < 1.29 is 18.7 Å². The molecule has 2 aromatic carbocycles. The van der Waals surface area contributed by atoms with Gasteiger partial charge in [0.15, 0.2) is 0 Å². The van der Waals surface area contributed by atoms with Crippen LogP contribution in [0.1, 0.15) is 49.2 Å². The Morgan fingerprint density at radius 2 is 2.07 bits per heavy atom. The number of benzene rings is 2. The van der Waals surface area contributed by atoms with Gasteiger partial charge >= 0.3 is 0 Å². The number of carbonyl (C=O) groups is 1. The molecule has 1 amide bonds. The minimum absolute atomic E-state index is 0.166. The number of piperidine rings is 1. The van der Waals surface area contributed by atoms with E-state index in [-0.39, 0.29) is 11.7 Å². The van der Waals surface area contributed by atoms with Crippen LogP contribution in [-0.2, 0) is 21.9 Å². The number of nitrogens with zero attached hydrogens (tertiary/aromatic N) is 1. The van der Waals surface area contributed by atoms with Crippen LogP contribution in [-0.4, -0.2) is 29.1 Å². The van der Waals surface area contributed by atoms with Gasteiger partial charge in [0.1, 0.15) is 11.6 Å². The van der Waals surface area contributed by atoms with Crippen LogP contribution in [0.25, 0.3) is 0 Å². The molecule has 0 N–H and O–H groups in total. The van der Waals surface area contributed by atoms with E-state index >= 15 is 0 Å². The molecule has 0 unspecified atom stereocenters. The third-order valence-electron chi connectivity index (χ3n) is 5.50. The fraction of sp³-hybridized carbons (Fsp3) is 0.435. The average Bonchev–Trinajstić information content (AvgIpc) is 2.74. The Bertz CT molecular complexity index is 861. The lowest BCUT2D eigenvalue weighted by Crippen LogP contribution is -2.42. The van der Waals surface area contributed by atoms with Crippen molar-refractivity contribution in [1.82, 2.24) is 4.90 Å². The van der Waals surface area contributed by atoms with E-state index in [0.29, 0.717) is 35.5 Å². The third kappa shape index (κ3) is 4.75. The number of fused-ring (bicyclic) bond motifs is 1. The van der Waals surface area contributed by atoms with Gasteiger partial charge in [-0.3, -0.25) is 4.79 Å². The van der Waals surface area contributed by atoms with Gasteiger partial charge in [0.05, 0.1) is 12.4 Å². The molecule has 1 saturated heterocycles. The molecule has 2 aliphatic rings. The molecule has 2 aliphatic heterocycles. The number of rotatable bonds is 5. The highest BCUT2D eigenvalue weighted by Crippen LogP contribution is 2.38. The summed E-state index contributed by atoms with van der Waals surface area (Å²) >= 11 is 1.51. The number of amides is 1. The molecule has 4 nitrogen and oxygen atoms in total. The summed E-state index contributed by atoms with van der Waals surface area (Å²) in [7, 11) is 0. The third-order valence-corrected chi connectivity index (χ3v) is 6.47. The Balaban J connectivity index is 1.43. The van der Waals surface area contributed by atoms with Crippen molar-refractivity contribution in [3.63, 3.8) is 0 Å². The van der Waals surface area contributed by atoms with Gasteiger partial charge in [-0.25, -0.2) is 4.39 Å². The van der Waals surface area contributed by atoms with Crippen molar-refractivity contribution in [3.8, 4) is 5.75 Å². The maximum absolute atomic E-state index is 14.1. The molecule has 2 aromatic rings. The molecule has 4 rings (SSSR count). The largest absolute Gasteiger partial charge is 0.460 e. The molecule has 0 aromatic heterocycles. The molecule has 0 bridgehead atoms. The SMILES string of the molecule is C[C@H]1CCCCN1C(=O)CSCc1cc(F)cc2c1O[C@H](c1ccccc1)OC2. The fourth-order valence-electron chi connectivity index (χ4n) is 3.96. The first-order valence-electron chi connectivity index (χ1n) is 10.1. The van der Waals surface area contributed by atoms with Crippen LogP contribution in [0.2, 0.25) is 0 Å². The lowest BCUT2D eigenvalue weighted by Gasteiger charge is -2.33. The van der Waals surface area contributed by atoms with Gasteiger partial charge in [0.2, 0.25) is 12.2 Å². The second-order valence-electron chi connectivity index (χ2n) is 7.65. The molecule has 6 heteroatoms. The van der Waals surface area contributed by atoms with Gasteiger partial charge in [-0.15, -0.1) is 11.8 Å². The van der Waals surface area contributed by atoms with E-state index in [1.54, 1.807) is 0 Å². The van der Waals surface area contributed by atoms with Gasteiger partial charge < -0.3 is 14.4 Å². The minimum atomic E-state index is -0.506. The monoisotopic (exact) mass is 415 g/mol. The zero-order valence-electron chi connectivity index (χ0n) is 16.6. The van der Waals surface area contributed by atoms with Crippen molar-refractivity contribution in [2.45, 2.75) is 50.9 Å². The van der Waals surface area contributed by atoms with Gasteiger partial charge in [-0.05, 0) is 38.3 Å². The van der Waals surface area contributed by atoms with Gasteiger partial charge in [0.25, 0.3) is 0 Å². The van der Waals surface area contributed by atoms with Crippen molar-refractivity contribution in [3.05, 3.63) is 65.0 Å². The van der Waals surface area contributed by atoms with E-state index in [9.17, 15) is 9.18 Å². The van der Waals surface area contributed by atoms with Crippen molar-refractivity contribution in [2.24, 2.45) is 0 Å². The summed E-state index contributed by atoms with van der Waals surface area (Å²) < 4.78 is 26.0. The maximum atomic E-state index is 14.1. The fourth-order valence-corrected chi connectivity index (χ4v) is 4.84. The predicted molar refractivity (Wildman–Crippen MR) is 112 cm³/mol. The number of carbonyl (C=O) groups excluding carboxylic acids is 1. The van der Waals surface area contributed by atoms with Gasteiger partial charge in [0, 0.05) is 35.0 Å². The molecule has 0 radical (unpaired) electrons. The molecule has 0 spiro atoms. The van der Waals surface area contributed by atoms with Crippen LogP contribution < -0.4 is 4.74 Å². The number of thioether (sulfide) groups is 1. The normalized spacial score (nSPS) is 21.4. The van der Waals surface area contributed by atoms with Crippen LogP contribution in [0.15, 0.2) is 42.5 Å². The van der Waals surface area contributed by atoms with Crippen LogP contribution in [0.3, 0.4) is 0 Å². The molecule has 1 fully saturated rings. The van der Waals surface area contributed by atoms with Crippen molar-refractivity contribution in [2.75, 3.05) is 12.3 Å². The Hall–Kier alpha value is -2.05. The first kappa shape index (κ1) is 20.2. The summed E-state index contributed by atoms with van der Waals surface area (Å²) in [5.74, 6) is 1.46. The number of ether oxygens (including phenoxy) is 2. The Morgan fingerprint density at radius 1 is 1.24 bits per heavy atom. The Kier molecular flexibility index (Phi) is 6.40. The molecule has 0 aliphatic carbocycles. The standard InChI is InChI=1S/C23H26FNO3S/c1-16-7-5-6-10-25(16)21(26)15-29-14-19-12-20(24)11-18-13-27-23(28-22(18)19)17-8-3-2-4-9-17/h2-4,8-9,11-12,16,23H,5-7,10,13-15H2,1H3/t16-,23+/m0/s1. The highest BCUT2D eigenvalue weighted by molar-refractivity contribution is 7.99. The van der Waals surface area contributed by atoms with Crippen LogP contribution >= 0.6 is 11.8 Å². The predicted octanol–water partition coefficient (Wildman–Crippen LogP) is 5.07. The molecule has 2 atom stereocenters. The van der Waals surface area contributed by atoms with Gasteiger partial charge in [-0.2, -0.15) is 0 Å². The minimum Gasteiger partial charge on any atom is -0.460 e. The summed E-state index contributed by atoms with van der Waals surface area (Å²) in [6.07, 6.45) is 2.83. The Labute approximate surface area is 175 Å². The van der Waals surface area contributed by atoms with E-state index in [1.165, 1.54) is 30.3 Å². The molecule has 29 heavy (non-hydrogen) atoms. The van der Waals surface area contributed by atoms with Crippen LogP contribution in [0.4, 0.5) is 4.39 Å². The number of halogens is 1. The zero-order chi connectivity index (χ0) is 20.2. The second-order valence-corrected chi connectivity index (χ2v) is 8.63.